The van der Waals surface area contributed by atoms with Gasteiger partial charge in [0.15, 0.2) is 0 Å². The summed E-state index contributed by atoms with van der Waals surface area (Å²) in [6, 6.07) is 41.7. The van der Waals surface area contributed by atoms with Gasteiger partial charge in [0.2, 0.25) is 0 Å². The summed E-state index contributed by atoms with van der Waals surface area (Å²) in [5.74, 6) is 0.210. The molecule has 1 atom stereocenters. The fraction of sp³-hybridized carbons (Fsp3) is 0.393. The van der Waals surface area contributed by atoms with Gasteiger partial charge in [-0.2, -0.15) is 0 Å². The highest BCUT2D eigenvalue weighted by Gasteiger charge is 2.44. The zero-order valence-electron chi connectivity index (χ0n) is 37.0. The van der Waals surface area contributed by atoms with Crippen LogP contribution in [0.5, 0.6) is 0 Å². The third-order valence-electron chi connectivity index (χ3n) is 15.1. The summed E-state index contributed by atoms with van der Waals surface area (Å²) in [5.41, 5.74) is 20.8. The molecule has 298 valence electrons. The first kappa shape index (κ1) is 38.7. The second-order valence-electron chi connectivity index (χ2n) is 21.3. The predicted molar refractivity (Wildman–Crippen MR) is 248 cm³/mol. The van der Waals surface area contributed by atoms with E-state index in [1.54, 1.807) is 11.1 Å². The van der Waals surface area contributed by atoms with Crippen LogP contribution in [0.1, 0.15) is 141 Å². The fourth-order valence-electron chi connectivity index (χ4n) is 11.2. The lowest BCUT2D eigenvalue weighted by atomic mass is 9.59. The number of nitrogens with one attached hydrogen (secondary N) is 1. The largest absolute Gasteiger partial charge is 0.355 e. The molecule has 0 heterocycles. The molecule has 0 radical (unpaired) electrons. The number of anilines is 4. The molecule has 0 amide bonds. The van der Waals surface area contributed by atoms with Gasteiger partial charge in [0.25, 0.3) is 0 Å². The molecule has 5 aromatic rings. The minimum atomic E-state index is -0.0537. The van der Waals surface area contributed by atoms with Crippen molar-refractivity contribution in [3.05, 3.63) is 165 Å². The van der Waals surface area contributed by atoms with Crippen LogP contribution >= 0.6 is 0 Å². The number of nitrogens with zero attached hydrogens (tertiary/aromatic N) is 1. The summed E-state index contributed by atoms with van der Waals surface area (Å²) in [4.78, 5) is 2.66. The first-order valence-corrected chi connectivity index (χ1v) is 22.0. The molecule has 0 saturated heterocycles. The predicted octanol–water partition coefficient (Wildman–Crippen LogP) is 15.7. The van der Waals surface area contributed by atoms with Crippen molar-refractivity contribution in [2.45, 2.75) is 130 Å². The Morgan fingerprint density at radius 2 is 1.21 bits per heavy atom. The summed E-state index contributed by atoms with van der Waals surface area (Å²) in [6.07, 6.45) is 8.48. The van der Waals surface area contributed by atoms with Crippen molar-refractivity contribution in [1.29, 1.82) is 0 Å². The Bertz CT molecular complexity index is 2500. The van der Waals surface area contributed by atoms with E-state index in [0.29, 0.717) is 0 Å². The van der Waals surface area contributed by atoms with Gasteiger partial charge < -0.3 is 10.2 Å². The highest BCUT2D eigenvalue weighted by atomic mass is 15.2. The van der Waals surface area contributed by atoms with Crippen LogP contribution in [0.2, 0.25) is 0 Å². The van der Waals surface area contributed by atoms with E-state index in [9.17, 15) is 0 Å². The molecule has 4 aliphatic carbocycles. The number of rotatable bonds is 6. The van der Waals surface area contributed by atoms with E-state index in [1.165, 1.54) is 87.3 Å². The van der Waals surface area contributed by atoms with E-state index in [2.05, 4.69) is 202 Å². The molecule has 0 bridgehead atoms. The maximum Gasteiger partial charge on any atom is 0.0481 e. The van der Waals surface area contributed by atoms with E-state index < -0.39 is 0 Å². The molecule has 0 fully saturated rings. The molecule has 0 spiro atoms. The van der Waals surface area contributed by atoms with E-state index in [-0.39, 0.29) is 33.0 Å². The van der Waals surface area contributed by atoms with Gasteiger partial charge in [-0.25, -0.2) is 0 Å². The molecule has 58 heavy (non-hydrogen) atoms. The molecular weight excluding hydrogens is 701 g/mol. The van der Waals surface area contributed by atoms with Crippen molar-refractivity contribution in [3.63, 3.8) is 0 Å². The average Bonchev–Trinajstić information content (AvgIpc) is 3.42. The summed E-state index contributed by atoms with van der Waals surface area (Å²) < 4.78 is 0. The van der Waals surface area contributed by atoms with Crippen molar-refractivity contribution in [3.8, 4) is 11.1 Å². The molecule has 1 unspecified atom stereocenters. The average molecular weight is 765 g/mol. The molecular formula is C56H64N2. The van der Waals surface area contributed by atoms with E-state index in [4.69, 9.17) is 0 Å². The van der Waals surface area contributed by atoms with Crippen molar-refractivity contribution in [2.75, 3.05) is 10.2 Å². The molecule has 4 aliphatic rings. The third kappa shape index (κ3) is 6.29. The number of hydrogen-bond acceptors (Lipinski definition) is 2. The molecule has 2 heteroatoms. The molecule has 0 aromatic heterocycles. The van der Waals surface area contributed by atoms with Crippen LogP contribution < -0.4 is 10.2 Å². The lowest BCUT2D eigenvalue weighted by molar-refractivity contribution is 0.255. The quantitative estimate of drug-likeness (QED) is 0.185. The van der Waals surface area contributed by atoms with Crippen molar-refractivity contribution >= 4 is 22.7 Å². The van der Waals surface area contributed by atoms with Crippen LogP contribution in [0.4, 0.5) is 22.7 Å². The SMILES string of the molecule is Cc1cc(Nc2cccc3c2-c2ccccc2C3(C)C)cc(N(C2=CC3=C(CC2c2ccccc2)C(C)(C)CCC3(C)C)c2ccc3c(c2)C(C)(C)CCC3(C)C)c1. The fourth-order valence-corrected chi connectivity index (χ4v) is 11.2. The Morgan fingerprint density at radius 3 is 1.97 bits per heavy atom. The van der Waals surface area contributed by atoms with Gasteiger partial charge in [0.05, 0.1) is 0 Å². The molecule has 1 N–H and O–H groups in total. The smallest absolute Gasteiger partial charge is 0.0481 e. The van der Waals surface area contributed by atoms with Crippen LogP contribution in [-0.4, -0.2) is 0 Å². The maximum atomic E-state index is 4.00. The van der Waals surface area contributed by atoms with E-state index in [0.717, 1.165) is 17.8 Å². The summed E-state index contributed by atoms with van der Waals surface area (Å²) in [7, 11) is 0. The van der Waals surface area contributed by atoms with Gasteiger partial charge in [-0.1, -0.05) is 148 Å². The minimum absolute atomic E-state index is 0.0537. The Morgan fingerprint density at radius 1 is 0.552 bits per heavy atom. The maximum absolute atomic E-state index is 4.00. The molecule has 0 saturated carbocycles. The molecule has 2 nitrogen and oxygen atoms in total. The summed E-state index contributed by atoms with van der Waals surface area (Å²) in [6.45, 7) is 26.7. The Hall–Kier alpha value is -4.82. The molecule has 5 aromatic carbocycles. The van der Waals surface area contributed by atoms with Gasteiger partial charge in [0.1, 0.15) is 0 Å². The number of aryl methyl sites for hydroxylation is 1. The van der Waals surface area contributed by atoms with Gasteiger partial charge in [-0.05, 0) is 148 Å². The van der Waals surface area contributed by atoms with Crippen LogP contribution in [0.25, 0.3) is 11.1 Å². The van der Waals surface area contributed by atoms with Crippen LogP contribution in [0.3, 0.4) is 0 Å². The standard InChI is InChI=1S/C56H64N2/c1-36-30-38(57-49-23-17-22-45-51(49)41-20-15-16-21-43(41)56(45,10)11)32-40(31-36)58(39-24-25-44-46(33-39)53(4,5)27-26-52(44,2)3)50-35-48-47(54(6,7)28-29-55(48,8)9)34-42(50)37-18-13-12-14-19-37/h12-25,30-33,35,42,57H,26-29,34H2,1-11H3. The number of benzene rings is 5. The first-order valence-electron chi connectivity index (χ1n) is 22.0. The highest BCUT2D eigenvalue weighted by molar-refractivity contribution is 5.91. The topological polar surface area (TPSA) is 15.3 Å². The van der Waals surface area contributed by atoms with Crippen molar-refractivity contribution in [1.82, 2.24) is 0 Å². The second kappa shape index (κ2) is 13.4. The van der Waals surface area contributed by atoms with Crippen LogP contribution in [-0.2, 0) is 16.2 Å². The number of fused-ring (bicyclic) bond motifs is 4. The van der Waals surface area contributed by atoms with Gasteiger partial charge in [0, 0.05) is 45.3 Å². The Kier molecular flexibility index (Phi) is 8.90. The highest BCUT2D eigenvalue weighted by Crippen LogP contribution is 2.58. The van der Waals surface area contributed by atoms with Crippen LogP contribution in [0.15, 0.2) is 132 Å². The lowest BCUT2D eigenvalue weighted by Gasteiger charge is -2.48. The summed E-state index contributed by atoms with van der Waals surface area (Å²) in [5, 5.41) is 4.00. The lowest BCUT2D eigenvalue weighted by Crippen LogP contribution is -2.36. The second-order valence-corrected chi connectivity index (χ2v) is 21.3. The van der Waals surface area contributed by atoms with Crippen molar-refractivity contribution < 1.29 is 0 Å². The van der Waals surface area contributed by atoms with Crippen molar-refractivity contribution in [2.24, 2.45) is 10.8 Å². The van der Waals surface area contributed by atoms with E-state index >= 15 is 0 Å². The zero-order valence-corrected chi connectivity index (χ0v) is 37.0. The molecule has 0 aliphatic heterocycles. The number of hydrogen-bond donors (Lipinski definition) is 1. The van der Waals surface area contributed by atoms with E-state index in [1.807, 2.05) is 0 Å². The van der Waals surface area contributed by atoms with Crippen LogP contribution in [0, 0.1) is 17.8 Å². The zero-order chi connectivity index (χ0) is 41.0. The normalized spacial score (nSPS) is 21.6. The molecule has 9 rings (SSSR count). The summed E-state index contributed by atoms with van der Waals surface area (Å²) >= 11 is 0. The number of allylic oxidation sites excluding steroid dienone is 4. The van der Waals surface area contributed by atoms with Gasteiger partial charge in [-0.3, -0.25) is 0 Å². The third-order valence-corrected chi connectivity index (χ3v) is 15.1. The first-order chi connectivity index (χ1) is 27.4. The minimum Gasteiger partial charge on any atom is -0.355 e. The monoisotopic (exact) mass is 765 g/mol. The Labute approximate surface area is 349 Å². The van der Waals surface area contributed by atoms with Gasteiger partial charge in [-0.15, -0.1) is 0 Å². The van der Waals surface area contributed by atoms with Gasteiger partial charge >= 0.3 is 0 Å². The Balaban J connectivity index is 1.27.